The Kier molecular flexibility index (Phi) is 4.50. The normalized spacial score (nSPS) is 10.3. The molecule has 0 amide bonds. The first-order valence-corrected chi connectivity index (χ1v) is 4.66. The van der Waals surface area contributed by atoms with Crippen LogP contribution in [0.1, 0.15) is 24.0 Å². The van der Waals surface area contributed by atoms with Crippen molar-refractivity contribution in [1.82, 2.24) is 0 Å². The Bertz CT molecular complexity index is 246. The summed E-state index contributed by atoms with van der Waals surface area (Å²) in [5, 5.41) is 17.5. The van der Waals surface area contributed by atoms with Crippen molar-refractivity contribution >= 4 is 0 Å². The summed E-state index contributed by atoms with van der Waals surface area (Å²) in [6, 6.07) is 7.93. The highest BCUT2D eigenvalue weighted by molar-refractivity contribution is 5.22. The second-order valence-corrected chi connectivity index (χ2v) is 3.16. The molecule has 0 aliphatic rings. The van der Waals surface area contributed by atoms with Gasteiger partial charge in [-0.25, -0.2) is 0 Å². The maximum absolute atomic E-state index is 8.89. The molecular formula is C11H16O2. The van der Waals surface area contributed by atoms with Crippen LogP contribution in [0.2, 0.25) is 0 Å². The molecule has 0 aliphatic carbocycles. The Labute approximate surface area is 78.8 Å². The van der Waals surface area contributed by atoms with E-state index in [2.05, 4.69) is 6.07 Å². The minimum Gasteiger partial charge on any atom is -0.396 e. The third-order valence-electron chi connectivity index (χ3n) is 2.05. The van der Waals surface area contributed by atoms with Crippen LogP contribution in [-0.4, -0.2) is 16.8 Å². The molecule has 0 atom stereocenters. The van der Waals surface area contributed by atoms with Gasteiger partial charge in [-0.2, -0.15) is 0 Å². The summed E-state index contributed by atoms with van der Waals surface area (Å²) in [4.78, 5) is 0. The molecule has 0 radical (unpaired) electrons. The number of aliphatic hydroxyl groups excluding tert-OH is 2. The van der Waals surface area contributed by atoms with Crippen molar-refractivity contribution < 1.29 is 10.2 Å². The van der Waals surface area contributed by atoms with Gasteiger partial charge in [0.05, 0.1) is 6.61 Å². The Morgan fingerprint density at radius 3 is 2.46 bits per heavy atom. The molecule has 1 aromatic carbocycles. The largest absolute Gasteiger partial charge is 0.396 e. The van der Waals surface area contributed by atoms with E-state index in [-0.39, 0.29) is 13.2 Å². The van der Waals surface area contributed by atoms with Crippen molar-refractivity contribution in [3.05, 3.63) is 35.4 Å². The van der Waals surface area contributed by atoms with E-state index in [1.807, 2.05) is 18.2 Å². The summed E-state index contributed by atoms with van der Waals surface area (Å²) in [7, 11) is 0. The van der Waals surface area contributed by atoms with Crippen LogP contribution >= 0.6 is 0 Å². The molecule has 0 spiro atoms. The molecule has 0 heterocycles. The molecule has 0 saturated heterocycles. The van der Waals surface area contributed by atoms with Crippen molar-refractivity contribution in [3.63, 3.8) is 0 Å². The second kappa shape index (κ2) is 5.73. The van der Waals surface area contributed by atoms with Gasteiger partial charge < -0.3 is 10.2 Å². The van der Waals surface area contributed by atoms with Crippen molar-refractivity contribution in [2.45, 2.75) is 25.9 Å². The first kappa shape index (κ1) is 10.2. The highest BCUT2D eigenvalue weighted by atomic mass is 16.3. The van der Waals surface area contributed by atoms with Crippen LogP contribution in [0.25, 0.3) is 0 Å². The van der Waals surface area contributed by atoms with Crippen molar-refractivity contribution in [2.24, 2.45) is 0 Å². The summed E-state index contributed by atoms with van der Waals surface area (Å²) in [5.41, 5.74) is 2.20. The minimum atomic E-state index is 0.105. The van der Waals surface area contributed by atoms with Crippen LogP contribution in [0, 0.1) is 0 Å². The Morgan fingerprint density at radius 1 is 1.00 bits per heavy atom. The van der Waals surface area contributed by atoms with Gasteiger partial charge in [-0.3, -0.25) is 0 Å². The van der Waals surface area contributed by atoms with Gasteiger partial charge in [0.1, 0.15) is 0 Å². The average molecular weight is 180 g/mol. The molecule has 1 rings (SSSR count). The highest BCUT2D eigenvalue weighted by Crippen LogP contribution is 2.08. The third-order valence-corrected chi connectivity index (χ3v) is 2.05. The lowest BCUT2D eigenvalue weighted by atomic mass is 10.1. The van der Waals surface area contributed by atoms with Crippen molar-refractivity contribution in [2.75, 3.05) is 6.61 Å². The van der Waals surface area contributed by atoms with Gasteiger partial charge in [-0.05, 0) is 30.4 Å². The van der Waals surface area contributed by atoms with Crippen LogP contribution < -0.4 is 0 Å². The SMILES string of the molecule is OCCCCc1cccc(CO)c1. The lowest BCUT2D eigenvalue weighted by molar-refractivity contribution is 0.281. The predicted molar refractivity (Wildman–Crippen MR) is 52.4 cm³/mol. The zero-order chi connectivity index (χ0) is 9.52. The number of aliphatic hydroxyl groups is 2. The molecule has 0 aromatic heterocycles. The van der Waals surface area contributed by atoms with Crippen molar-refractivity contribution in [1.29, 1.82) is 0 Å². The highest BCUT2D eigenvalue weighted by Gasteiger charge is 1.94. The molecule has 2 N–H and O–H groups in total. The topological polar surface area (TPSA) is 40.5 Å². The molecule has 0 aliphatic heterocycles. The van der Waals surface area contributed by atoms with Crippen LogP contribution in [0.3, 0.4) is 0 Å². The van der Waals surface area contributed by atoms with E-state index in [9.17, 15) is 0 Å². The number of hydrogen-bond acceptors (Lipinski definition) is 2. The summed E-state index contributed by atoms with van der Waals surface area (Å²) in [6.07, 6.45) is 2.84. The fraction of sp³-hybridized carbons (Fsp3) is 0.455. The van der Waals surface area contributed by atoms with Gasteiger partial charge in [-0.1, -0.05) is 24.3 Å². The van der Waals surface area contributed by atoms with E-state index in [0.717, 1.165) is 24.8 Å². The number of aryl methyl sites for hydroxylation is 1. The zero-order valence-corrected chi connectivity index (χ0v) is 7.74. The predicted octanol–water partition coefficient (Wildman–Crippen LogP) is 1.49. The molecule has 1 aromatic rings. The minimum absolute atomic E-state index is 0.105. The van der Waals surface area contributed by atoms with E-state index < -0.39 is 0 Å². The first-order chi connectivity index (χ1) is 6.36. The molecule has 72 valence electrons. The van der Waals surface area contributed by atoms with Crippen LogP contribution in [-0.2, 0) is 13.0 Å². The summed E-state index contributed by atoms with van der Waals surface area (Å²) >= 11 is 0. The number of hydrogen-bond donors (Lipinski definition) is 2. The molecule has 0 fully saturated rings. The standard InChI is InChI=1S/C11H16O2/c12-7-2-1-4-10-5-3-6-11(8-10)9-13/h3,5-6,8,12-13H,1-2,4,7,9H2. The summed E-state index contributed by atoms with van der Waals surface area (Å²) < 4.78 is 0. The summed E-state index contributed by atoms with van der Waals surface area (Å²) in [5.74, 6) is 0. The van der Waals surface area contributed by atoms with Gasteiger partial charge in [0.25, 0.3) is 0 Å². The Balaban J connectivity index is 2.46. The van der Waals surface area contributed by atoms with Gasteiger partial charge in [0.15, 0.2) is 0 Å². The lowest BCUT2D eigenvalue weighted by Crippen LogP contribution is -1.90. The number of benzene rings is 1. The molecule has 2 nitrogen and oxygen atoms in total. The van der Waals surface area contributed by atoms with Crippen LogP contribution in [0.4, 0.5) is 0 Å². The quantitative estimate of drug-likeness (QED) is 0.674. The third kappa shape index (κ3) is 3.57. The maximum Gasteiger partial charge on any atom is 0.0681 e. The molecule has 2 heteroatoms. The lowest BCUT2D eigenvalue weighted by Gasteiger charge is -2.02. The first-order valence-electron chi connectivity index (χ1n) is 4.66. The number of unbranched alkanes of at least 4 members (excludes halogenated alkanes) is 1. The fourth-order valence-electron chi connectivity index (χ4n) is 1.32. The molecule has 13 heavy (non-hydrogen) atoms. The van der Waals surface area contributed by atoms with E-state index in [0.29, 0.717) is 0 Å². The van der Waals surface area contributed by atoms with E-state index in [4.69, 9.17) is 10.2 Å². The van der Waals surface area contributed by atoms with Crippen LogP contribution in [0.5, 0.6) is 0 Å². The second-order valence-electron chi connectivity index (χ2n) is 3.16. The van der Waals surface area contributed by atoms with Gasteiger partial charge in [-0.15, -0.1) is 0 Å². The fourth-order valence-corrected chi connectivity index (χ4v) is 1.32. The maximum atomic E-state index is 8.89. The zero-order valence-electron chi connectivity index (χ0n) is 7.74. The van der Waals surface area contributed by atoms with Crippen molar-refractivity contribution in [3.8, 4) is 0 Å². The molecular weight excluding hydrogens is 164 g/mol. The van der Waals surface area contributed by atoms with Crippen LogP contribution in [0.15, 0.2) is 24.3 Å². The Hall–Kier alpha value is -0.860. The summed E-state index contributed by atoms with van der Waals surface area (Å²) in [6.45, 7) is 0.369. The molecule has 0 saturated carbocycles. The smallest absolute Gasteiger partial charge is 0.0681 e. The van der Waals surface area contributed by atoms with E-state index in [1.165, 1.54) is 5.56 Å². The van der Waals surface area contributed by atoms with E-state index in [1.54, 1.807) is 0 Å². The van der Waals surface area contributed by atoms with Gasteiger partial charge in [0.2, 0.25) is 0 Å². The number of rotatable bonds is 5. The molecule has 0 bridgehead atoms. The monoisotopic (exact) mass is 180 g/mol. The average Bonchev–Trinajstić information content (AvgIpc) is 2.19. The molecule has 0 unspecified atom stereocenters. The van der Waals surface area contributed by atoms with E-state index >= 15 is 0 Å². The Morgan fingerprint density at radius 2 is 1.77 bits per heavy atom. The van der Waals surface area contributed by atoms with Gasteiger partial charge >= 0.3 is 0 Å². The van der Waals surface area contributed by atoms with Gasteiger partial charge in [0, 0.05) is 6.61 Å².